The predicted octanol–water partition coefficient (Wildman–Crippen LogP) is 12.0. The van der Waals surface area contributed by atoms with E-state index in [-0.39, 0.29) is 11.1 Å². The fourth-order valence-electron chi connectivity index (χ4n) is 7.26. The van der Waals surface area contributed by atoms with Crippen LogP contribution in [0, 0.1) is 0 Å². The third-order valence-corrected chi connectivity index (χ3v) is 9.46. The Balaban J connectivity index is 1.28. The number of pyridine rings is 2. The van der Waals surface area contributed by atoms with Crippen LogP contribution >= 0.6 is 0 Å². The van der Waals surface area contributed by atoms with Crippen LogP contribution in [-0.2, 0) is 12.4 Å². The van der Waals surface area contributed by atoms with Gasteiger partial charge in [-0.2, -0.15) is 26.3 Å². The molecule has 0 spiro atoms. The second-order valence-corrected chi connectivity index (χ2v) is 12.5. The summed E-state index contributed by atoms with van der Waals surface area (Å²) in [6, 6.07) is 36.3. The first kappa shape index (κ1) is 31.6. The largest absolute Gasteiger partial charge is 0.417 e. The molecule has 9 aromatic rings. The molecule has 52 heavy (non-hydrogen) atoms. The van der Waals surface area contributed by atoms with Crippen LogP contribution in [0.3, 0.4) is 0 Å². The van der Waals surface area contributed by atoms with Gasteiger partial charge in [0.2, 0.25) is 0 Å². The van der Waals surface area contributed by atoms with Gasteiger partial charge in [-0.25, -0.2) is 0 Å². The third kappa shape index (κ3) is 5.01. The molecule has 0 saturated carbocycles. The highest BCUT2D eigenvalue weighted by Crippen LogP contribution is 2.47. The highest BCUT2D eigenvalue weighted by Gasteiger charge is 2.40. The van der Waals surface area contributed by atoms with E-state index >= 15 is 0 Å². The number of rotatable bonds is 4. The molecule has 5 aromatic carbocycles. The van der Waals surface area contributed by atoms with Gasteiger partial charge in [-0.15, -0.1) is 0 Å². The molecule has 0 unspecified atom stereocenters. The zero-order valence-electron chi connectivity index (χ0n) is 26.9. The van der Waals surface area contributed by atoms with Crippen molar-refractivity contribution < 1.29 is 26.3 Å². The highest BCUT2D eigenvalue weighted by atomic mass is 19.4. The van der Waals surface area contributed by atoms with E-state index in [1.807, 2.05) is 81.9 Å². The molecule has 0 atom stereocenters. The molecule has 4 nitrogen and oxygen atoms in total. The van der Waals surface area contributed by atoms with E-state index in [2.05, 4.69) is 9.97 Å². The Kier molecular flexibility index (Phi) is 7.01. The number of aromatic nitrogens is 4. The lowest BCUT2D eigenvalue weighted by Crippen LogP contribution is -2.13. The van der Waals surface area contributed by atoms with Gasteiger partial charge in [-0.3, -0.25) is 9.97 Å². The van der Waals surface area contributed by atoms with Crippen LogP contribution in [0.4, 0.5) is 26.3 Å². The van der Waals surface area contributed by atoms with Gasteiger partial charge in [-0.1, -0.05) is 48.5 Å². The van der Waals surface area contributed by atoms with Gasteiger partial charge in [-0.05, 0) is 107 Å². The van der Waals surface area contributed by atoms with Gasteiger partial charge in [0.1, 0.15) is 0 Å². The standard InChI is InChI=1S/C42H24F6N4/c43-41(44,45)33-24-30(26-16-18-36-32(22-26)40-38(14-8-20-50-40)52(36)28-11-5-2-6-12-28)34(42(46,47)48)23-29(33)25-15-17-35-31(21-25)39-37(13-7-19-49-39)51(35)27-9-3-1-4-10-27/h1-24H. The summed E-state index contributed by atoms with van der Waals surface area (Å²) in [5, 5.41) is 1.02. The maximum absolute atomic E-state index is 15.0. The van der Waals surface area contributed by atoms with Crippen LogP contribution in [-0.4, -0.2) is 19.1 Å². The maximum atomic E-state index is 15.0. The average Bonchev–Trinajstić information content (AvgIpc) is 3.66. The van der Waals surface area contributed by atoms with Crippen LogP contribution < -0.4 is 0 Å². The Bertz CT molecular complexity index is 2620. The zero-order valence-corrected chi connectivity index (χ0v) is 26.9. The van der Waals surface area contributed by atoms with Crippen molar-refractivity contribution in [2.75, 3.05) is 0 Å². The SMILES string of the molecule is FC(F)(F)c1cc(-c2ccc3c(c2)c2ncccc2n3-c2ccccc2)c(C(F)(F)F)cc1-c1ccc2c(c1)c1ncccc1n2-c1ccccc1. The Hall–Kier alpha value is -6.42. The first-order valence-corrected chi connectivity index (χ1v) is 16.3. The zero-order chi connectivity index (χ0) is 35.8. The molecule has 0 saturated heterocycles. The summed E-state index contributed by atoms with van der Waals surface area (Å²) in [6.07, 6.45) is -6.81. The lowest BCUT2D eigenvalue weighted by Gasteiger charge is -2.20. The summed E-state index contributed by atoms with van der Waals surface area (Å²) in [5.41, 5.74) is 1.83. The molecule has 0 N–H and O–H groups in total. The average molecular weight is 699 g/mol. The Morgan fingerprint density at radius 2 is 0.808 bits per heavy atom. The minimum atomic E-state index is -4.98. The van der Waals surface area contributed by atoms with Crippen LogP contribution in [0.5, 0.6) is 0 Å². The van der Waals surface area contributed by atoms with E-state index in [0.717, 1.165) is 11.4 Å². The smallest absolute Gasteiger partial charge is 0.308 e. The summed E-state index contributed by atoms with van der Waals surface area (Å²) in [5.74, 6) is 0. The van der Waals surface area contributed by atoms with E-state index < -0.39 is 34.6 Å². The Labute approximate surface area is 291 Å². The lowest BCUT2D eigenvalue weighted by molar-refractivity contribution is -0.140. The second-order valence-electron chi connectivity index (χ2n) is 12.5. The van der Waals surface area contributed by atoms with E-state index in [1.54, 1.807) is 36.7 Å². The van der Waals surface area contributed by atoms with Crippen molar-refractivity contribution in [1.82, 2.24) is 19.1 Å². The van der Waals surface area contributed by atoms with Crippen molar-refractivity contribution in [2.45, 2.75) is 12.4 Å². The summed E-state index contributed by atoms with van der Waals surface area (Å²) >= 11 is 0. The highest BCUT2D eigenvalue weighted by molar-refractivity contribution is 6.09. The van der Waals surface area contributed by atoms with Crippen LogP contribution in [0.2, 0.25) is 0 Å². The number of alkyl halides is 6. The van der Waals surface area contributed by atoms with Crippen molar-refractivity contribution in [3.63, 3.8) is 0 Å². The van der Waals surface area contributed by atoms with Gasteiger partial charge in [0.05, 0.1) is 44.2 Å². The molecule has 0 amide bonds. The van der Waals surface area contributed by atoms with Gasteiger partial charge in [0.15, 0.2) is 0 Å². The summed E-state index contributed by atoms with van der Waals surface area (Å²) in [7, 11) is 0. The third-order valence-electron chi connectivity index (χ3n) is 9.46. The van der Waals surface area contributed by atoms with Crippen molar-refractivity contribution in [3.8, 4) is 33.6 Å². The second kappa shape index (κ2) is 11.6. The monoisotopic (exact) mass is 698 g/mol. The molecule has 0 bridgehead atoms. The summed E-state index contributed by atoms with van der Waals surface area (Å²) < 4.78 is 93.8. The van der Waals surface area contributed by atoms with Crippen LogP contribution in [0.1, 0.15) is 11.1 Å². The van der Waals surface area contributed by atoms with Crippen LogP contribution in [0.15, 0.2) is 146 Å². The van der Waals surface area contributed by atoms with Gasteiger partial charge >= 0.3 is 12.4 Å². The van der Waals surface area contributed by atoms with Crippen molar-refractivity contribution in [1.29, 1.82) is 0 Å². The molecule has 10 heteroatoms. The van der Waals surface area contributed by atoms with Gasteiger partial charge in [0, 0.05) is 34.5 Å². The number of halogens is 6. The molecule has 0 aliphatic carbocycles. The number of fused-ring (bicyclic) bond motifs is 6. The predicted molar refractivity (Wildman–Crippen MR) is 192 cm³/mol. The minimum absolute atomic E-state index is 0.0137. The number of nitrogens with zero attached hydrogens (tertiary/aromatic N) is 4. The lowest BCUT2D eigenvalue weighted by atomic mass is 9.89. The normalized spacial score (nSPS) is 12.4. The molecule has 0 fully saturated rings. The molecule has 4 aromatic heterocycles. The molecule has 9 rings (SSSR count). The molecule has 254 valence electrons. The molecule has 4 heterocycles. The van der Waals surface area contributed by atoms with E-state index in [1.165, 1.54) is 24.3 Å². The van der Waals surface area contributed by atoms with Crippen molar-refractivity contribution >= 4 is 43.9 Å². The van der Waals surface area contributed by atoms with Gasteiger partial charge in [0.25, 0.3) is 0 Å². The summed E-state index contributed by atoms with van der Waals surface area (Å²) in [4.78, 5) is 9.02. The number of hydrogen-bond acceptors (Lipinski definition) is 2. The quantitative estimate of drug-likeness (QED) is 0.172. The molecule has 0 aliphatic heterocycles. The van der Waals surface area contributed by atoms with E-state index in [0.29, 0.717) is 56.0 Å². The molecular weight excluding hydrogens is 674 g/mol. The number of benzene rings is 5. The van der Waals surface area contributed by atoms with Crippen LogP contribution in [0.25, 0.3) is 77.5 Å². The molecule has 0 radical (unpaired) electrons. The topological polar surface area (TPSA) is 35.6 Å². The molecule has 0 aliphatic rings. The van der Waals surface area contributed by atoms with E-state index in [9.17, 15) is 26.3 Å². The fourth-order valence-corrected chi connectivity index (χ4v) is 7.26. The number of para-hydroxylation sites is 2. The first-order chi connectivity index (χ1) is 25.1. The maximum Gasteiger partial charge on any atom is 0.417 e. The van der Waals surface area contributed by atoms with E-state index in [4.69, 9.17) is 0 Å². The van der Waals surface area contributed by atoms with Crippen molar-refractivity contribution in [2.24, 2.45) is 0 Å². The number of hydrogen-bond donors (Lipinski definition) is 0. The Morgan fingerprint density at radius 1 is 0.404 bits per heavy atom. The van der Waals surface area contributed by atoms with Gasteiger partial charge < -0.3 is 9.13 Å². The Morgan fingerprint density at radius 3 is 1.19 bits per heavy atom. The first-order valence-electron chi connectivity index (χ1n) is 16.3. The molecular formula is C42H24F6N4. The van der Waals surface area contributed by atoms with Crippen molar-refractivity contribution in [3.05, 3.63) is 157 Å². The fraction of sp³-hybridized carbons (Fsp3) is 0.0476. The minimum Gasteiger partial charge on any atom is -0.308 e. The summed E-state index contributed by atoms with van der Waals surface area (Å²) in [6.45, 7) is 0.